The minimum absolute atomic E-state index is 0.108. The van der Waals surface area contributed by atoms with Gasteiger partial charge in [0.15, 0.2) is 0 Å². The number of amides is 2. The van der Waals surface area contributed by atoms with Crippen LogP contribution in [-0.4, -0.2) is 23.3 Å². The molecule has 2 aromatic rings. The highest BCUT2D eigenvalue weighted by molar-refractivity contribution is 6.05. The van der Waals surface area contributed by atoms with E-state index in [9.17, 15) is 24.1 Å². The van der Waals surface area contributed by atoms with E-state index >= 15 is 0 Å². The smallest absolute Gasteiger partial charge is 0.269 e. The number of nitrogens with zero attached hydrogens (tertiary/aromatic N) is 1. The number of hydrogen-bond acceptors (Lipinski definition) is 4. The third kappa shape index (κ3) is 5.33. The molecule has 138 valence electrons. The lowest BCUT2D eigenvalue weighted by molar-refractivity contribution is -0.384. The average molecular weight is 369 g/mol. The molecule has 2 aromatic carbocycles. The van der Waals surface area contributed by atoms with Gasteiger partial charge in [0.25, 0.3) is 17.5 Å². The molecule has 2 N–H and O–H groups in total. The molecule has 0 aliphatic heterocycles. The zero-order valence-electron chi connectivity index (χ0n) is 14.1. The van der Waals surface area contributed by atoms with E-state index in [4.69, 9.17) is 0 Å². The van der Waals surface area contributed by atoms with E-state index in [2.05, 4.69) is 17.2 Å². The molecule has 0 aliphatic carbocycles. The molecule has 7 nitrogen and oxygen atoms in total. The molecule has 27 heavy (non-hydrogen) atoms. The van der Waals surface area contributed by atoms with Gasteiger partial charge in [0.1, 0.15) is 11.5 Å². The molecule has 0 aliphatic rings. The Morgan fingerprint density at radius 1 is 1.15 bits per heavy atom. The first-order valence-corrected chi connectivity index (χ1v) is 7.83. The van der Waals surface area contributed by atoms with Gasteiger partial charge in [0.2, 0.25) is 0 Å². The van der Waals surface area contributed by atoms with Gasteiger partial charge in [-0.15, -0.1) is 6.58 Å². The van der Waals surface area contributed by atoms with Gasteiger partial charge in [-0.2, -0.15) is 0 Å². The summed E-state index contributed by atoms with van der Waals surface area (Å²) in [7, 11) is 0. The number of non-ortho nitro benzene ring substituents is 1. The zero-order chi connectivity index (χ0) is 19.8. The largest absolute Gasteiger partial charge is 0.347 e. The van der Waals surface area contributed by atoms with Crippen LogP contribution in [0.25, 0.3) is 6.08 Å². The predicted octanol–water partition coefficient (Wildman–Crippen LogP) is 2.81. The van der Waals surface area contributed by atoms with Crippen LogP contribution < -0.4 is 10.6 Å². The van der Waals surface area contributed by atoms with E-state index in [1.165, 1.54) is 54.6 Å². The summed E-state index contributed by atoms with van der Waals surface area (Å²) >= 11 is 0. The third-order valence-electron chi connectivity index (χ3n) is 3.45. The Balaban J connectivity index is 2.29. The number of hydrogen-bond donors (Lipinski definition) is 2. The Labute approximate surface area is 154 Å². The first-order valence-electron chi connectivity index (χ1n) is 7.83. The average Bonchev–Trinajstić information content (AvgIpc) is 2.67. The number of nitro groups is 1. The van der Waals surface area contributed by atoms with Crippen LogP contribution in [-0.2, 0) is 4.79 Å². The van der Waals surface area contributed by atoms with Crippen LogP contribution in [0.1, 0.15) is 15.9 Å². The number of carbonyl (C=O) groups is 2. The van der Waals surface area contributed by atoms with Crippen molar-refractivity contribution in [3.8, 4) is 0 Å². The zero-order valence-corrected chi connectivity index (χ0v) is 14.1. The van der Waals surface area contributed by atoms with Gasteiger partial charge in [0.05, 0.1) is 4.92 Å². The molecule has 0 fully saturated rings. The highest BCUT2D eigenvalue weighted by atomic mass is 19.1. The number of nitrogens with one attached hydrogen (secondary N) is 2. The lowest BCUT2D eigenvalue weighted by Gasteiger charge is -2.10. The lowest BCUT2D eigenvalue weighted by atomic mass is 10.1. The summed E-state index contributed by atoms with van der Waals surface area (Å²) in [5, 5.41) is 15.6. The SMILES string of the molecule is C=CCNC(=O)C(=Cc1ccccc1F)NC(=O)c1ccc([N+](=O)[O-])cc1. The highest BCUT2D eigenvalue weighted by Gasteiger charge is 2.16. The van der Waals surface area contributed by atoms with Crippen LogP contribution >= 0.6 is 0 Å². The van der Waals surface area contributed by atoms with Crippen molar-refractivity contribution in [2.75, 3.05) is 6.54 Å². The van der Waals surface area contributed by atoms with Crippen molar-refractivity contribution < 1.29 is 18.9 Å². The topological polar surface area (TPSA) is 101 Å². The monoisotopic (exact) mass is 369 g/mol. The second kappa shape index (κ2) is 9.04. The van der Waals surface area contributed by atoms with E-state index in [-0.39, 0.29) is 29.1 Å². The van der Waals surface area contributed by atoms with E-state index < -0.39 is 22.6 Å². The minimum atomic E-state index is -0.666. The maximum absolute atomic E-state index is 13.9. The van der Waals surface area contributed by atoms with Crippen molar-refractivity contribution in [2.24, 2.45) is 0 Å². The molecular weight excluding hydrogens is 353 g/mol. The van der Waals surface area contributed by atoms with Crippen molar-refractivity contribution in [1.82, 2.24) is 10.6 Å². The Bertz CT molecular complexity index is 907. The van der Waals surface area contributed by atoms with Crippen LogP contribution in [0.2, 0.25) is 0 Å². The fraction of sp³-hybridized carbons (Fsp3) is 0.0526. The van der Waals surface area contributed by atoms with Gasteiger partial charge in [-0.25, -0.2) is 4.39 Å². The molecule has 0 unspecified atom stereocenters. The summed E-state index contributed by atoms with van der Waals surface area (Å²) in [6.07, 6.45) is 2.66. The van der Waals surface area contributed by atoms with Gasteiger partial charge in [-0.05, 0) is 24.3 Å². The van der Waals surface area contributed by atoms with E-state index in [1.54, 1.807) is 6.07 Å². The van der Waals surface area contributed by atoms with Crippen molar-refractivity contribution in [1.29, 1.82) is 0 Å². The molecule has 0 radical (unpaired) electrons. The molecule has 0 saturated carbocycles. The maximum Gasteiger partial charge on any atom is 0.269 e. The first-order chi connectivity index (χ1) is 12.9. The van der Waals surface area contributed by atoms with Crippen LogP contribution in [0.5, 0.6) is 0 Å². The lowest BCUT2D eigenvalue weighted by Crippen LogP contribution is -2.35. The molecule has 0 bridgehead atoms. The van der Waals surface area contributed by atoms with Gasteiger partial charge in [-0.1, -0.05) is 24.3 Å². The molecule has 0 heterocycles. The number of benzene rings is 2. The number of nitro benzene ring substituents is 1. The maximum atomic E-state index is 13.9. The van der Waals surface area contributed by atoms with Gasteiger partial charge >= 0.3 is 0 Å². The summed E-state index contributed by atoms with van der Waals surface area (Å²) in [5.41, 5.74) is -0.121. The molecule has 0 spiro atoms. The van der Waals surface area contributed by atoms with Crippen molar-refractivity contribution >= 4 is 23.6 Å². The Morgan fingerprint density at radius 3 is 2.41 bits per heavy atom. The number of carbonyl (C=O) groups excluding carboxylic acids is 2. The van der Waals surface area contributed by atoms with Gasteiger partial charge < -0.3 is 10.6 Å². The summed E-state index contributed by atoms with van der Waals surface area (Å²) in [5.74, 6) is -1.86. The summed E-state index contributed by atoms with van der Waals surface area (Å²) < 4.78 is 13.9. The van der Waals surface area contributed by atoms with Crippen molar-refractivity contribution in [3.05, 3.63) is 93.9 Å². The Hall–Kier alpha value is -3.81. The molecule has 8 heteroatoms. The van der Waals surface area contributed by atoms with E-state index in [0.717, 1.165) is 0 Å². The summed E-state index contributed by atoms with van der Waals surface area (Å²) in [6.45, 7) is 3.64. The quantitative estimate of drug-likeness (QED) is 0.339. The molecule has 2 amide bonds. The Kier molecular flexibility index (Phi) is 6.54. The van der Waals surface area contributed by atoms with Crippen LogP contribution in [0, 0.1) is 15.9 Å². The van der Waals surface area contributed by atoms with Crippen LogP contribution in [0.4, 0.5) is 10.1 Å². The Morgan fingerprint density at radius 2 is 1.81 bits per heavy atom. The second-order valence-electron chi connectivity index (χ2n) is 5.34. The standard InChI is InChI=1S/C19H16FN3O4/c1-2-11-21-19(25)17(12-14-5-3-4-6-16(14)20)22-18(24)13-7-9-15(10-8-13)23(26)27/h2-10,12H,1,11H2,(H,21,25)(H,22,24). The molecule has 0 atom stereocenters. The third-order valence-corrected chi connectivity index (χ3v) is 3.45. The number of halogens is 1. The van der Waals surface area contributed by atoms with Crippen molar-refractivity contribution in [3.63, 3.8) is 0 Å². The molecular formula is C19H16FN3O4. The van der Waals surface area contributed by atoms with Gasteiger partial charge in [-0.3, -0.25) is 19.7 Å². The normalized spacial score (nSPS) is 10.8. The number of rotatable bonds is 7. The van der Waals surface area contributed by atoms with Crippen molar-refractivity contribution in [2.45, 2.75) is 0 Å². The van der Waals surface area contributed by atoms with E-state index in [0.29, 0.717) is 0 Å². The van der Waals surface area contributed by atoms with Crippen LogP contribution in [0.3, 0.4) is 0 Å². The highest BCUT2D eigenvalue weighted by Crippen LogP contribution is 2.14. The summed E-state index contributed by atoms with van der Waals surface area (Å²) in [4.78, 5) is 34.7. The fourth-order valence-electron chi connectivity index (χ4n) is 2.10. The second-order valence-corrected chi connectivity index (χ2v) is 5.34. The van der Waals surface area contributed by atoms with Crippen LogP contribution in [0.15, 0.2) is 66.9 Å². The predicted molar refractivity (Wildman–Crippen MR) is 98.1 cm³/mol. The molecule has 0 aromatic heterocycles. The van der Waals surface area contributed by atoms with Gasteiger partial charge in [0, 0.05) is 29.8 Å². The van der Waals surface area contributed by atoms with E-state index in [1.807, 2.05) is 0 Å². The molecule has 0 saturated heterocycles. The summed E-state index contributed by atoms with van der Waals surface area (Å²) in [6, 6.07) is 10.6. The molecule has 2 rings (SSSR count). The minimum Gasteiger partial charge on any atom is -0.347 e. The first kappa shape index (κ1) is 19.5. The fourth-order valence-corrected chi connectivity index (χ4v) is 2.10.